The van der Waals surface area contributed by atoms with Crippen LogP contribution >= 0.6 is 0 Å². The van der Waals surface area contributed by atoms with Gasteiger partial charge in [0.2, 0.25) is 5.88 Å². The lowest BCUT2D eigenvalue weighted by molar-refractivity contribution is 0.329. The van der Waals surface area contributed by atoms with Gasteiger partial charge in [0, 0.05) is 42.0 Å². The van der Waals surface area contributed by atoms with Crippen molar-refractivity contribution in [1.82, 2.24) is 9.97 Å². The highest BCUT2D eigenvalue weighted by Crippen LogP contribution is 2.26. The Morgan fingerprint density at radius 2 is 1.83 bits per heavy atom. The Balaban J connectivity index is 2.27. The van der Waals surface area contributed by atoms with Crippen LogP contribution in [0.25, 0.3) is 11.3 Å². The molecular weight excluding hydrogens is 292 g/mol. The van der Waals surface area contributed by atoms with E-state index in [-0.39, 0.29) is 18.1 Å². The maximum Gasteiger partial charge on any atom is 0.240 e. The SMILES string of the molecule is CNc1ccc(-c2nccnc2OC/C(C(C)=N)=C(\C)O)cc1. The smallest absolute Gasteiger partial charge is 0.240 e. The lowest BCUT2D eigenvalue weighted by Gasteiger charge is -2.12. The summed E-state index contributed by atoms with van der Waals surface area (Å²) in [5.74, 6) is 0.436. The third-order valence-electron chi connectivity index (χ3n) is 3.35. The lowest BCUT2D eigenvalue weighted by atomic mass is 10.1. The Bertz CT molecular complexity index is 720. The molecule has 0 radical (unpaired) electrons. The fourth-order valence-electron chi connectivity index (χ4n) is 2.05. The summed E-state index contributed by atoms with van der Waals surface area (Å²) in [6.45, 7) is 3.20. The van der Waals surface area contributed by atoms with Crippen LogP contribution in [0.15, 0.2) is 48.0 Å². The number of benzene rings is 1. The Labute approximate surface area is 135 Å². The molecule has 0 spiro atoms. The second-order valence-corrected chi connectivity index (χ2v) is 5.02. The summed E-state index contributed by atoms with van der Waals surface area (Å²) in [6, 6.07) is 7.74. The molecule has 1 aromatic carbocycles. The van der Waals surface area contributed by atoms with Gasteiger partial charge < -0.3 is 20.6 Å². The summed E-state index contributed by atoms with van der Waals surface area (Å²) in [6.07, 6.45) is 3.15. The minimum atomic E-state index is 0.0674. The quantitative estimate of drug-likeness (QED) is 0.561. The molecule has 6 nitrogen and oxygen atoms in total. The molecule has 0 aliphatic carbocycles. The van der Waals surface area contributed by atoms with Gasteiger partial charge in [0.15, 0.2) is 0 Å². The van der Waals surface area contributed by atoms with E-state index < -0.39 is 0 Å². The number of hydrogen-bond acceptors (Lipinski definition) is 6. The summed E-state index contributed by atoms with van der Waals surface area (Å²) in [5.41, 5.74) is 3.19. The Kier molecular flexibility index (Phi) is 5.30. The van der Waals surface area contributed by atoms with E-state index >= 15 is 0 Å². The summed E-state index contributed by atoms with van der Waals surface area (Å²) in [5, 5.41) is 20.4. The molecule has 0 saturated heterocycles. The van der Waals surface area contributed by atoms with Gasteiger partial charge in [-0.25, -0.2) is 9.97 Å². The van der Waals surface area contributed by atoms with E-state index in [0.29, 0.717) is 17.1 Å². The van der Waals surface area contributed by atoms with Crippen LogP contribution in [0.5, 0.6) is 5.88 Å². The van der Waals surface area contributed by atoms with E-state index in [0.717, 1.165) is 11.3 Å². The summed E-state index contributed by atoms with van der Waals surface area (Å²) in [4.78, 5) is 8.55. The van der Waals surface area contributed by atoms with Crippen LogP contribution in [0.1, 0.15) is 13.8 Å². The molecule has 2 aromatic rings. The van der Waals surface area contributed by atoms with Crippen molar-refractivity contribution in [3.05, 3.63) is 48.0 Å². The first-order valence-corrected chi connectivity index (χ1v) is 7.19. The number of hydrogen-bond donors (Lipinski definition) is 3. The van der Waals surface area contributed by atoms with Gasteiger partial charge in [-0.1, -0.05) is 12.1 Å². The van der Waals surface area contributed by atoms with Crippen LogP contribution in [0, 0.1) is 5.41 Å². The van der Waals surface area contributed by atoms with E-state index in [1.165, 1.54) is 6.92 Å². The maximum atomic E-state index is 9.62. The van der Waals surface area contributed by atoms with Gasteiger partial charge in [-0.05, 0) is 26.0 Å². The second-order valence-electron chi connectivity index (χ2n) is 5.02. The van der Waals surface area contributed by atoms with Gasteiger partial charge in [-0.2, -0.15) is 0 Å². The van der Waals surface area contributed by atoms with Crippen molar-refractivity contribution in [2.24, 2.45) is 0 Å². The molecule has 0 aliphatic rings. The van der Waals surface area contributed by atoms with Crippen LogP contribution in [-0.2, 0) is 0 Å². The van der Waals surface area contributed by atoms with Crippen molar-refractivity contribution in [1.29, 1.82) is 5.41 Å². The normalized spacial score (nSPS) is 11.6. The highest BCUT2D eigenvalue weighted by atomic mass is 16.5. The zero-order valence-electron chi connectivity index (χ0n) is 13.4. The third-order valence-corrected chi connectivity index (χ3v) is 3.35. The molecule has 0 unspecified atom stereocenters. The molecule has 0 saturated carbocycles. The first kappa shape index (κ1) is 16.5. The summed E-state index contributed by atoms with van der Waals surface area (Å²) >= 11 is 0. The van der Waals surface area contributed by atoms with Crippen LogP contribution in [0.2, 0.25) is 0 Å². The number of nitrogens with one attached hydrogen (secondary N) is 2. The summed E-state index contributed by atoms with van der Waals surface area (Å²) in [7, 11) is 1.86. The second kappa shape index (κ2) is 7.40. The van der Waals surface area contributed by atoms with Gasteiger partial charge in [-0.15, -0.1) is 0 Å². The molecule has 6 heteroatoms. The number of aliphatic hydroxyl groups excluding tert-OH is 1. The average Bonchev–Trinajstić information content (AvgIpc) is 2.55. The van der Waals surface area contributed by atoms with Crippen molar-refractivity contribution in [3.8, 4) is 17.1 Å². The average molecular weight is 312 g/mol. The Morgan fingerprint density at radius 3 is 2.39 bits per heavy atom. The van der Waals surface area contributed by atoms with E-state index in [2.05, 4.69) is 15.3 Å². The fourth-order valence-corrected chi connectivity index (χ4v) is 2.05. The first-order valence-electron chi connectivity index (χ1n) is 7.19. The maximum absolute atomic E-state index is 9.62. The molecule has 3 N–H and O–H groups in total. The summed E-state index contributed by atoms with van der Waals surface area (Å²) < 4.78 is 5.68. The molecule has 120 valence electrons. The molecule has 2 rings (SSSR count). The van der Waals surface area contributed by atoms with Gasteiger partial charge in [-0.3, -0.25) is 0 Å². The van der Waals surface area contributed by atoms with Gasteiger partial charge in [0.25, 0.3) is 0 Å². The van der Waals surface area contributed by atoms with Crippen LogP contribution in [0.4, 0.5) is 5.69 Å². The van der Waals surface area contributed by atoms with Crippen molar-refractivity contribution < 1.29 is 9.84 Å². The largest absolute Gasteiger partial charge is 0.512 e. The number of ether oxygens (including phenoxy) is 1. The van der Waals surface area contributed by atoms with Crippen molar-refractivity contribution in [3.63, 3.8) is 0 Å². The monoisotopic (exact) mass is 312 g/mol. The van der Waals surface area contributed by atoms with E-state index in [1.807, 2.05) is 31.3 Å². The van der Waals surface area contributed by atoms with Crippen molar-refractivity contribution >= 4 is 11.4 Å². The molecule has 0 amide bonds. The fraction of sp³-hybridized carbons (Fsp3) is 0.235. The number of anilines is 1. The standard InChI is InChI=1S/C17H20N4O2/c1-11(18)15(12(2)22)10-23-17-16(20-8-9-21-17)13-4-6-14(19-3)7-5-13/h4-9,18-19,22H,10H2,1-3H3/b15-12-,18-11?. The van der Waals surface area contributed by atoms with Crippen LogP contribution < -0.4 is 10.1 Å². The molecule has 0 bridgehead atoms. The number of nitrogens with zero attached hydrogens (tertiary/aromatic N) is 2. The Hall–Kier alpha value is -2.89. The third kappa shape index (κ3) is 4.06. The zero-order chi connectivity index (χ0) is 16.8. The number of rotatable bonds is 6. The molecule has 1 aromatic heterocycles. The van der Waals surface area contributed by atoms with Gasteiger partial charge >= 0.3 is 0 Å². The number of aromatic nitrogens is 2. The number of aliphatic hydroxyl groups is 1. The van der Waals surface area contributed by atoms with Gasteiger partial charge in [0.1, 0.15) is 12.3 Å². The van der Waals surface area contributed by atoms with Crippen LogP contribution in [0.3, 0.4) is 0 Å². The van der Waals surface area contributed by atoms with E-state index in [1.54, 1.807) is 19.3 Å². The molecular formula is C17H20N4O2. The molecule has 23 heavy (non-hydrogen) atoms. The molecule has 0 atom stereocenters. The predicted octanol–water partition coefficient (Wildman–Crippen LogP) is 3.44. The minimum absolute atomic E-state index is 0.0674. The predicted molar refractivity (Wildman–Crippen MR) is 91.2 cm³/mol. The molecule has 0 fully saturated rings. The number of allylic oxidation sites excluding steroid dienone is 1. The lowest BCUT2D eigenvalue weighted by Crippen LogP contribution is -2.11. The minimum Gasteiger partial charge on any atom is -0.512 e. The highest BCUT2D eigenvalue weighted by molar-refractivity contribution is 5.96. The molecule has 1 heterocycles. The highest BCUT2D eigenvalue weighted by Gasteiger charge is 2.12. The van der Waals surface area contributed by atoms with Gasteiger partial charge in [0.05, 0.1) is 5.76 Å². The first-order chi connectivity index (χ1) is 11.0. The van der Waals surface area contributed by atoms with Crippen molar-refractivity contribution in [2.45, 2.75) is 13.8 Å². The van der Waals surface area contributed by atoms with Crippen molar-refractivity contribution in [2.75, 3.05) is 19.0 Å². The van der Waals surface area contributed by atoms with E-state index in [4.69, 9.17) is 10.1 Å². The van der Waals surface area contributed by atoms with Crippen LogP contribution in [-0.4, -0.2) is 34.4 Å². The zero-order valence-corrected chi connectivity index (χ0v) is 13.4. The van der Waals surface area contributed by atoms with E-state index in [9.17, 15) is 5.11 Å². The molecule has 0 aliphatic heterocycles. The Morgan fingerprint density at radius 1 is 1.17 bits per heavy atom. The topological polar surface area (TPSA) is 91.1 Å².